The van der Waals surface area contributed by atoms with Crippen LogP contribution >= 0.6 is 27.3 Å². The SMILES string of the molecule is CCC1CCC(N)C(c2sccc2Br)C1. The third-order valence-electron chi connectivity index (χ3n) is 3.57. The Hall–Kier alpha value is 0.140. The van der Waals surface area contributed by atoms with Crippen LogP contribution in [0, 0.1) is 5.92 Å². The summed E-state index contributed by atoms with van der Waals surface area (Å²) >= 11 is 5.47. The first-order valence-corrected chi connectivity index (χ1v) is 7.38. The number of rotatable bonds is 2. The molecule has 1 aliphatic carbocycles. The quantitative estimate of drug-likeness (QED) is 0.870. The van der Waals surface area contributed by atoms with Gasteiger partial charge in [-0.2, -0.15) is 0 Å². The summed E-state index contributed by atoms with van der Waals surface area (Å²) < 4.78 is 1.25. The van der Waals surface area contributed by atoms with E-state index in [0.29, 0.717) is 12.0 Å². The van der Waals surface area contributed by atoms with Crippen molar-refractivity contribution in [1.82, 2.24) is 0 Å². The van der Waals surface area contributed by atoms with Gasteiger partial charge in [0.1, 0.15) is 0 Å². The molecule has 1 aromatic rings. The Balaban J connectivity index is 2.16. The lowest BCUT2D eigenvalue weighted by Crippen LogP contribution is -2.34. The van der Waals surface area contributed by atoms with Crippen LogP contribution < -0.4 is 5.73 Å². The third kappa shape index (κ3) is 2.45. The summed E-state index contributed by atoms with van der Waals surface area (Å²) in [5.41, 5.74) is 6.24. The molecule has 3 atom stereocenters. The van der Waals surface area contributed by atoms with E-state index < -0.39 is 0 Å². The maximum absolute atomic E-state index is 6.24. The Morgan fingerprint density at radius 3 is 2.93 bits per heavy atom. The van der Waals surface area contributed by atoms with Crippen LogP contribution in [0.1, 0.15) is 43.4 Å². The molecule has 0 amide bonds. The molecule has 1 nitrogen and oxygen atoms in total. The Bertz CT molecular complexity index is 323. The second kappa shape index (κ2) is 4.98. The normalized spacial score (nSPS) is 31.8. The molecule has 0 spiro atoms. The van der Waals surface area contributed by atoms with E-state index in [2.05, 4.69) is 34.3 Å². The van der Waals surface area contributed by atoms with Crippen LogP contribution in [-0.4, -0.2) is 6.04 Å². The number of hydrogen-bond acceptors (Lipinski definition) is 2. The second-order valence-electron chi connectivity index (χ2n) is 4.49. The van der Waals surface area contributed by atoms with Crippen molar-refractivity contribution in [2.24, 2.45) is 11.7 Å². The Labute approximate surface area is 104 Å². The molecule has 1 saturated carbocycles. The molecule has 0 saturated heterocycles. The van der Waals surface area contributed by atoms with E-state index in [9.17, 15) is 0 Å². The summed E-state index contributed by atoms with van der Waals surface area (Å²) in [4.78, 5) is 1.46. The lowest BCUT2D eigenvalue weighted by Gasteiger charge is -2.33. The van der Waals surface area contributed by atoms with Crippen LogP contribution in [0.25, 0.3) is 0 Å². The van der Waals surface area contributed by atoms with Gasteiger partial charge >= 0.3 is 0 Å². The third-order valence-corrected chi connectivity index (χ3v) is 5.57. The lowest BCUT2D eigenvalue weighted by molar-refractivity contribution is 0.284. The zero-order valence-corrected chi connectivity index (χ0v) is 11.5. The minimum Gasteiger partial charge on any atom is -0.327 e. The van der Waals surface area contributed by atoms with Crippen molar-refractivity contribution in [3.63, 3.8) is 0 Å². The highest BCUT2D eigenvalue weighted by molar-refractivity contribution is 9.10. The molecule has 0 aliphatic heterocycles. The van der Waals surface area contributed by atoms with E-state index in [4.69, 9.17) is 5.73 Å². The van der Waals surface area contributed by atoms with Crippen molar-refractivity contribution in [2.45, 2.75) is 44.6 Å². The highest BCUT2D eigenvalue weighted by Crippen LogP contribution is 2.41. The van der Waals surface area contributed by atoms with E-state index in [0.717, 1.165) is 5.92 Å². The molecule has 84 valence electrons. The summed E-state index contributed by atoms with van der Waals surface area (Å²) in [5.74, 6) is 1.46. The number of thiophene rings is 1. The molecule has 1 aromatic heterocycles. The molecular formula is C12H18BrNS. The fourth-order valence-electron chi connectivity index (χ4n) is 2.52. The van der Waals surface area contributed by atoms with Crippen molar-refractivity contribution in [3.05, 3.63) is 20.8 Å². The van der Waals surface area contributed by atoms with Crippen LogP contribution in [0.2, 0.25) is 0 Å². The molecule has 0 radical (unpaired) electrons. The van der Waals surface area contributed by atoms with Gasteiger partial charge in [0.05, 0.1) is 0 Å². The summed E-state index contributed by atoms with van der Waals surface area (Å²) in [7, 11) is 0. The van der Waals surface area contributed by atoms with E-state index >= 15 is 0 Å². The average molecular weight is 288 g/mol. The molecule has 15 heavy (non-hydrogen) atoms. The van der Waals surface area contributed by atoms with E-state index in [1.54, 1.807) is 0 Å². The topological polar surface area (TPSA) is 26.0 Å². The first-order chi connectivity index (χ1) is 7.22. The van der Waals surface area contributed by atoms with Gasteiger partial charge in [0.15, 0.2) is 0 Å². The first kappa shape index (κ1) is 11.6. The van der Waals surface area contributed by atoms with E-state index in [-0.39, 0.29) is 0 Å². The predicted octanol–water partition coefficient (Wildman–Crippen LogP) is 4.13. The van der Waals surface area contributed by atoms with Gasteiger partial charge in [-0.3, -0.25) is 0 Å². The van der Waals surface area contributed by atoms with Crippen molar-refractivity contribution >= 4 is 27.3 Å². The van der Waals surface area contributed by atoms with Crippen LogP contribution in [-0.2, 0) is 0 Å². The zero-order valence-electron chi connectivity index (χ0n) is 9.08. The maximum atomic E-state index is 6.24. The predicted molar refractivity (Wildman–Crippen MR) is 70.4 cm³/mol. The van der Waals surface area contributed by atoms with Gasteiger partial charge in [-0.25, -0.2) is 0 Å². The van der Waals surface area contributed by atoms with Crippen LogP contribution in [0.4, 0.5) is 0 Å². The molecule has 3 heteroatoms. The summed E-state index contributed by atoms with van der Waals surface area (Å²) in [5, 5.41) is 2.15. The second-order valence-corrected chi connectivity index (χ2v) is 6.29. The first-order valence-electron chi connectivity index (χ1n) is 5.70. The molecule has 1 fully saturated rings. The van der Waals surface area contributed by atoms with Gasteiger partial charge in [-0.15, -0.1) is 11.3 Å². The average Bonchev–Trinajstić information content (AvgIpc) is 2.65. The Morgan fingerprint density at radius 1 is 1.53 bits per heavy atom. The monoisotopic (exact) mass is 287 g/mol. The smallest absolute Gasteiger partial charge is 0.0317 e. The summed E-state index contributed by atoms with van der Waals surface area (Å²) in [6.07, 6.45) is 5.08. The van der Waals surface area contributed by atoms with Gasteiger partial charge in [-0.1, -0.05) is 13.3 Å². The fourth-order valence-corrected chi connectivity index (χ4v) is 4.38. The molecule has 1 aliphatic rings. The molecule has 0 aromatic carbocycles. The molecular weight excluding hydrogens is 270 g/mol. The van der Waals surface area contributed by atoms with Gasteiger partial charge in [0, 0.05) is 21.3 Å². The van der Waals surface area contributed by atoms with Crippen molar-refractivity contribution < 1.29 is 0 Å². The fraction of sp³-hybridized carbons (Fsp3) is 0.667. The zero-order chi connectivity index (χ0) is 10.8. The van der Waals surface area contributed by atoms with Gasteiger partial charge in [0.25, 0.3) is 0 Å². The van der Waals surface area contributed by atoms with E-state index in [1.165, 1.54) is 35.0 Å². The van der Waals surface area contributed by atoms with Crippen molar-refractivity contribution in [3.8, 4) is 0 Å². The Kier molecular flexibility index (Phi) is 3.86. The molecule has 1 heterocycles. The van der Waals surface area contributed by atoms with Crippen LogP contribution in [0.15, 0.2) is 15.9 Å². The van der Waals surface area contributed by atoms with Crippen LogP contribution in [0.3, 0.4) is 0 Å². The molecule has 2 rings (SSSR count). The summed E-state index contributed by atoms with van der Waals surface area (Å²) in [6, 6.07) is 2.50. The van der Waals surface area contributed by atoms with Crippen LogP contribution in [0.5, 0.6) is 0 Å². The Morgan fingerprint density at radius 2 is 2.33 bits per heavy atom. The van der Waals surface area contributed by atoms with Gasteiger partial charge in [-0.05, 0) is 52.6 Å². The van der Waals surface area contributed by atoms with Crippen molar-refractivity contribution in [1.29, 1.82) is 0 Å². The van der Waals surface area contributed by atoms with Crippen molar-refractivity contribution in [2.75, 3.05) is 0 Å². The highest BCUT2D eigenvalue weighted by Gasteiger charge is 2.30. The minimum absolute atomic E-state index is 0.364. The molecule has 0 bridgehead atoms. The lowest BCUT2D eigenvalue weighted by atomic mass is 9.77. The largest absolute Gasteiger partial charge is 0.327 e. The maximum Gasteiger partial charge on any atom is 0.0317 e. The highest BCUT2D eigenvalue weighted by atomic mass is 79.9. The standard InChI is InChI=1S/C12H18BrNS/c1-2-8-3-4-11(14)9(7-8)12-10(13)5-6-15-12/h5-6,8-9,11H,2-4,7,14H2,1H3. The number of halogens is 1. The number of hydrogen-bond donors (Lipinski definition) is 1. The van der Waals surface area contributed by atoms with Gasteiger partial charge in [0.2, 0.25) is 0 Å². The van der Waals surface area contributed by atoms with Gasteiger partial charge < -0.3 is 5.73 Å². The molecule has 2 N–H and O–H groups in total. The minimum atomic E-state index is 0.364. The molecule has 3 unspecified atom stereocenters. The summed E-state index contributed by atoms with van der Waals surface area (Å²) in [6.45, 7) is 2.29. The number of nitrogens with two attached hydrogens (primary N) is 1. The van der Waals surface area contributed by atoms with E-state index in [1.807, 2.05) is 11.3 Å².